The predicted octanol–water partition coefficient (Wildman–Crippen LogP) is 4.74. The van der Waals surface area contributed by atoms with Gasteiger partial charge in [0, 0.05) is 16.8 Å². The maximum atomic E-state index is 13.0. The first-order valence-electron chi connectivity index (χ1n) is 9.94. The Balaban J connectivity index is 1.79. The summed E-state index contributed by atoms with van der Waals surface area (Å²) in [7, 11) is 1.50. The number of methoxy groups -OCH3 is 1. The van der Waals surface area contributed by atoms with Crippen LogP contribution in [0.15, 0.2) is 69.9 Å². The molecular formula is C25H20O7. The summed E-state index contributed by atoms with van der Waals surface area (Å²) < 4.78 is 21.3. The highest BCUT2D eigenvalue weighted by Crippen LogP contribution is 2.31. The van der Waals surface area contributed by atoms with Crippen molar-refractivity contribution in [1.82, 2.24) is 0 Å². The van der Waals surface area contributed by atoms with Crippen molar-refractivity contribution < 1.29 is 28.2 Å². The van der Waals surface area contributed by atoms with Crippen LogP contribution in [0.2, 0.25) is 0 Å². The predicted molar refractivity (Wildman–Crippen MR) is 118 cm³/mol. The minimum Gasteiger partial charge on any atom is -0.497 e. The van der Waals surface area contributed by atoms with Crippen LogP contribution >= 0.6 is 0 Å². The molecule has 0 amide bonds. The van der Waals surface area contributed by atoms with E-state index in [2.05, 4.69) is 0 Å². The van der Waals surface area contributed by atoms with Crippen molar-refractivity contribution in [2.24, 2.45) is 0 Å². The Bertz CT molecular complexity index is 1400. The van der Waals surface area contributed by atoms with Gasteiger partial charge in [0.25, 0.3) is 0 Å². The Kier molecular flexibility index (Phi) is 5.64. The lowest BCUT2D eigenvalue weighted by molar-refractivity contribution is 0.0374. The van der Waals surface area contributed by atoms with Crippen molar-refractivity contribution in [1.29, 1.82) is 0 Å². The van der Waals surface area contributed by atoms with Crippen LogP contribution < -0.4 is 15.1 Å². The van der Waals surface area contributed by atoms with Crippen molar-refractivity contribution in [3.8, 4) is 11.5 Å². The molecule has 0 aliphatic rings. The second-order valence-electron chi connectivity index (χ2n) is 7.36. The number of fused-ring (bicyclic) bond motifs is 2. The molecule has 3 aromatic carbocycles. The third-order valence-electron chi connectivity index (χ3n) is 4.80. The highest BCUT2D eigenvalue weighted by molar-refractivity contribution is 6.04. The van der Waals surface area contributed by atoms with Crippen LogP contribution in [0, 0.1) is 0 Å². The minimum atomic E-state index is -0.939. The smallest absolute Gasteiger partial charge is 0.351 e. The van der Waals surface area contributed by atoms with E-state index in [0.717, 1.165) is 5.39 Å². The summed E-state index contributed by atoms with van der Waals surface area (Å²) in [6, 6.07) is 16.7. The molecule has 32 heavy (non-hydrogen) atoms. The second kappa shape index (κ2) is 8.55. The first-order chi connectivity index (χ1) is 15.4. The number of rotatable bonds is 5. The molecule has 1 heterocycles. The third-order valence-corrected chi connectivity index (χ3v) is 4.80. The molecule has 7 heteroatoms. The summed E-state index contributed by atoms with van der Waals surface area (Å²) in [6.07, 6.45) is -0.359. The molecule has 0 aliphatic heterocycles. The molecule has 1 aromatic heterocycles. The maximum Gasteiger partial charge on any atom is 0.351 e. The molecule has 0 bridgehead atoms. The van der Waals surface area contributed by atoms with E-state index in [-0.39, 0.29) is 28.6 Å². The van der Waals surface area contributed by atoms with Crippen molar-refractivity contribution in [2.75, 3.05) is 7.11 Å². The molecule has 0 atom stereocenters. The number of esters is 2. The van der Waals surface area contributed by atoms with Crippen LogP contribution in [-0.2, 0) is 4.74 Å². The lowest BCUT2D eigenvalue weighted by Crippen LogP contribution is -2.20. The van der Waals surface area contributed by atoms with Crippen molar-refractivity contribution in [3.05, 3.63) is 82.2 Å². The molecule has 0 spiro atoms. The fourth-order valence-corrected chi connectivity index (χ4v) is 3.30. The van der Waals surface area contributed by atoms with Crippen LogP contribution in [0.3, 0.4) is 0 Å². The zero-order chi connectivity index (χ0) is 22.8. The Hall–Kier alpha value is -4.13. The van der Waals surface area contributed by atoms with E-state index in [0.29, 0.717) is 16.5 Å². The van der Waals surface area contributed by atoms with E-state index in [1.54, 1.807) is 50.2 Å². The molecule has 4 rings (SSSR count). The lowest BCUT2D eigenvalue weighted by Gasteiger charge is -2.14. The van der Waals surface area contributed by atoms with Crippen molar-refractivity contribution in [3.63, 3.8) is 0 Å². The normalized spacial score (nSPS) is 11.0. The monoisotopic (exact) mass is 432 g/mol. The van der Waals surface area contributed by atoms with Crippen LogP contribution in [0.4, 0.5) is 0 Å². The Morgan fingerprint density at radius 2 is 1.62 bits per heavy atom. The van der Waals surface area contributed by atoms with Gasteiger partial charge in [0.05, 0.1) is 13.2 Å². The van der Waals surface area contributed by atoms with Gasteiger partial charge in [-0.3, -0.25) is 0 Å². The topological polar surface area (TPSA) is 92.0 Å². The van der Waals surface area contributed by atoms with E-state index in [1.807, 2.05) is 12.1 Å². The maximum absolute atomic E-state index is 13.0. The molecule has 0 aliphatic carbocycles. The average molecular weight is 432 g/mol. The Morgan fingerprint density at radius 1 is 0.875 bits per heavy atom. The molecule has 0 radical (unpaired) electrons. The number of ether oxygens (including phenoxy) is 3. The van der Waals surface area contributed by atoms with E-state index in [9.17, 15) is 14.4 Å². The first-order valence-corrected chi connectivity index (χ1v) is 9.94. The summed E-state index contributed by atoms with van der Waals surface area (Å²) in [6.45, 7) is 3.44. The van der Waals surface area contributed by atoms with Gasteiger partial charge in [-0.1, -0.05) is 30.3 Å². The van der Waals surface area contributed by atoms with Gasteiger partial charge in [0.1, 0.15) is 22.5 Å². The first kappa shape index (κ1) is 21.1. The number of hydrogen-bond donors (Lipinski definition) is 0. The highest BCUT2D eigenvalue weighted by atomic mass is 16.6. The van der Waals surface area contributed by atoms with Gasteiger partial charge in [-0.25, -0.2) is 14.4 Å². The fraction of sp³-hybridized carbons (Fsp3) is 0.160. The molecule has 0 unspecified atom stereocenters. The summed E-state index contributed by atoms with van der Waals surface area (Å²) >= 11 is 0. The molecule has 0 saturated carbocycles. The van der Waals surface area contributed by atoms with Gasteiger partial charge in [-0.2, -0.15) is 0 Å². The van der Waals surface area contributed by atoms with Gasteiger partial charge >= 0.3 is 17.6 Å². The quantitative estimate of drug-likeness (QED) is 0.255. The van der Waals surface area contributed by atoms with Crippen molar-refractivity contribution >= 4 is 33.7 Å². The summed E-state index contributed by atoms with van der Waals surface area (Å²) in [5.74, 6) is -1.04. The average Bonchev–Trinajstić information content (AvgIpc) is 2.77. The molecular weight excluding hydrogens is 412 g/mol. The standard InChI is InChI=1S/C25H20O7/c1-14(2)30-23(26)19-11-9-15-6-4-5-7-18(15)22(19)32-25(28)20-12-16-8-10-17(29-3)13-21(16)31-24(20)27/h4-14H,1-3H3. The number of carbonyl (C=O) groups is 2. The van der Waals surface area contributed by atoms with Gasteiger partial charge in [0.2, 0.25) is 0 Å². The van der Waals surface area contributed by atoms with E-state index < -0.39 is 17.6 Å². The SMILES string of the molecule is COc1ccc2cc(C(=O)Oc3c(C(=O)OC(C)C)ccc4ccccc34)c(=O)oc2c1. The summed E-state index contributed by atoms with van der Waals surface area (Å²) in [5.41, 5.74) is -0.793. The van der Waals surface area contributed by atoms with Gasteiger partial charge < -0.3 is 18.6 Å². The molecule has 4 aromatic rings. The van der Waals surface area contributed by atoms with Crippen LogP contribution in [0.5, 0.6) is 11.5 Å². The van der Waals surface area contributed by atoms with Gasteiger partial charge in [-0.05, 0) is 43.5 Å². The third kappa shape index (κ3) is 4.05. The fourth-order valence-electron chi connectivity index (χ4n) is 3.30. The molecule has 0 fully saturated rings. The van der Waals surface area contributed by atoms with E-state index in [4.69, 9.17) is 18.6 Å². The summed E-state index contributed by atoms with van der Waals surface area (Å²) in [4.78, 5) is 38.1. The molecule has 0 N–H and O–H groups in total. The zero-order valence-electron chi connectivity index (χ0n) is 17.7. The zero-order valence-corrected chi connectivity index (χ0v) is 17.7. The van der Waals surface area contributed by atoms with Crippen LogP contribution in [-0.4, -0.2) is 25.2 Å². The number of hydrogen-bond acceptors (Lipinski definition) is 7. The van der Waals surface area contributed by atoms with E-state index in [1.165, 1.54) is 19.2 Å². The van der Waals surface area contributed by atoms with Gasteiger partial charge in [0.15, 0.2) is 5.75 Å². The lowest BCUT2D eigenvalue weighted by atomic mass is 10.1. The van der Waals surface area contributed by atoms with E-state index >= 15 is 0 Å². The molecule has 7 nitrogen and oxygen atoms in total. The molecule has 0 saturated heterocycles. The Labute approximate surface area is 183 Å². The summed E-state index contributed by atoms with van der Waals surface area (Å²) in [5, 5.41) is 1.82. The van der Waals surface area contributed by atoms with Gasteiger partial charge in [-0.15, -0.1) is 0 Å². The van der Waals surface area contributed by atoms with Crippen molar-refractivity contribution in [2.45, 2.75) is 20.0 Å². The largest absolute Gasteiger partial charge is 0.497 e. The highest BCUT2D eigenvalue weighted by Gasteiger charge is 2.23. The molecule has 162 valence electrons. The number of benzene rings is 3. The second-order valence-corrected chi connectivity index (χ2v) is 7.36. The van der Waals surface area contributed by atoms with Crippen LogP contribution in [0.25, 0.3) is 21.7 Å². The minimum absolute atomic E-state index is 0.0213. The Morgan fingerprint density at radius 3 is 2.38 bits per heavy atom. The number of carbonyl (C=O) groups excluding carboxylic acids is 2. The van der Waals surface area contributed by atoms with Crippen LogP contribution in [0.1, 0.15) is 34.6 Å².